The van der Waals surface area contributed by atoms with E-state index in [4.69, 9.17) is 18.9 Å². The van der Waals surface area contributed by atoms with Crippen LogP contribution in [0.25, 0.3) is 0 Å². The van der Waals surface area contributed by atoms with E-state index in [9.17, 15) is 0 Å². The van der Waals surface area contributed by atoms with Crippen LogP contribution in [-0.4, -0.2) is 57.2 Å². The van der Waals surface area contributed by atoms with Gasteiger partial charge < -0.3 is 18.9 Å². The van der Waals surface area contributed by atoms with Crippen LogP contribution in [-0.2, 0) is 18.9 Å². The molecule has 0 N–H and O–H groups in total. The van der Waals surface area contributed by atoms with E-state index in [0.29, 0.717) is 50.6 Å². The molecule has 0 amide bonds. The summed E-state index contributed by atoms with van der Waals surface area (Å²) in [6.07, 6.45) is 4.99. The molecule has 0 atom stereocenters. The third-order valence-corrected chi connectivity index (χ3v) is 3.75. The number of unbranched alkanes of at least 4 members (excludes halogenated alkanes) is 1. The number of halogens is 1. The average Bonchev–Trinajstić information content (AvgIpc) is 2.37. The molecule has 0 radical (unpaired) electrons. The number of hydrogen-bond acceptors (Lipinski definition) is 4. The van der Waals surface area contributed by atoms with Crippen molar-refractivity contribution >= 4 is 15.9 Å². The molecule has 1 fully saturated rings. The van der Waals surface area contributed by atoms with Gasteiger partial charge >= 0.3 is 0 Å². The molecule has 1 aliphatic carbocycles. The Morgan fingerprint density at radius 2 is 1.37 bits per heavy atom. The highest BCUT2D eigenvalue weighted by Gasteiger charge is 2.27. The van der Waals surface area contributed by atoms with Crippen LogP contribution in [0.3, 0.4) is 0 Å². The van der Waals surface area contributed by atoms with E-state index in [2.05, 4.69) is 22.9 Å². The second-order valence-corrected chi connectivity index (χ2v) is 6.05. The predicted octanol–water partition coefficient (Wildman–Crippen LogP) is 2.78. The molecule has 0 spiro atoms. The largest absolute Gasteiger partial charge is 0.379 e. The van der Waals surface area contributed by atoms with Gasteiger partial charge in [-0.15, -0.1) is 0 Å². The number of rotatable bonds is 13. The van der Waals surface area contributed by atoms with Crippen LogP contribution in [0, 0.1) is 0 Å². The SMILES string of the molecule is CCCCOCCOCCOCCOC1CC(Br)C1. The van der Waals surface area contributed by atoms with Gasteiger partial charge in [0, 0.05) is 11.4 Å². The molecule has 5 heteroatoms. The fourth-order valence-corrected chi connectivity index (χ4v) is 2.53. The third-order valence-electron chi connectivity index (χ3n) is 3.00. The molecule has 0 saturated heterocycles. The molecule has 0 aromatic rings. The first-order valence-electron chi connectivity index (χ1n) is 7.31. The monoisotopic (exact) mass is 338 g/mol. The predicted molar refractivity (Wildman–Crippen MR) is 79.1 cm³/mol. The Kier molecular flexibility index (Phi) is 11.1. The van der Waals surface area contributed by atoms with Gasteiger partial charge in [0.1, 0.15) is 0 Å². The van der Waals surface area contributed by atoms with Crippen molar-refractivity contribution in [3.05, 3.63) is 0 Å². The molecule has 0 unspecified atom stereocenters. The highest BCUT2D eigenvalue weighted by molar-refractivity contribution is 9.09. The quantitative estimate of drug-likeness (QED) is 0.382. The summed E-state index contributed by atoms with van der Waals surface area (Å²) in [6, 6.07) is 0. The van der Waals surface area contributed by atoms with Crippen LogP contribution in [0.15, 0.2) is 0 Å². The zero-order valence-corrected chi connectivity index (χ0v) is 13.5. The Morgan fingerprint density at radius 3 is 1.89 bits per heavy atom. The first-order valence-corrected chi connectivity index (χ1v) is 8.23. The normalized spacial score (nSPS) is 22.4. The van der Waals surface area contributed by atoms with E-state index in [1.807, 2.05) is 0 Å². The summed E-state index contributed by atoms with van der Waals surface area (Å²) < 4.78 is 21.8. The van der Waals surface area contributed by atoms with Crippen LogP contribution >= 0.6 is 15.9 Å². The molecule has 1 aliphatic rings. The smallest absolute Gasteiger partial charge is 0.0704 e. The fraction of sp³-hybridized carbons (Fsp3) is 1.00. The molecule has 114 valence electrons. The third kappa shape index (κ3) is 9.79. The molecule has 1 rings (SSSR count). The van der Waals surface area contributed by atoms with Gasteiger partial charge in [0.05, 0.1) is 45.7 Å². The van der Waals surface area contributed by atoms with Crippen molar-refractivity contribution in [1.82, 2.24) is 0 Å². The highest BCUT2D eigenvalue weighted by atomic mass is 79.9. The summed E-state index contributed by atoms with van der Waals surface area (Å²) in [5, 5.41) is 0. The van der Waals surface area contributed by atoms with E-state index >= 15 is 0 Å². The van der Waals surface area contributed by atoms with Crippen molar-refractivity contribution in [3.8, 4) is 0 Å². The van der Waals surface area contributed by atoms with Crippen molar-refractivity contribution < 1.29 is 18.9 Å². The van der Waals surface area contributed by atoms with Crippen molar-refractivity contribution in [2.75, 3.05) is 46.2 Å². The van der Waals surface area contributed by atoms with Gasteiger partial charge in [-0.2, -0.15) is 0 Å². The van der Waals surface area contributed by atoms with Crippen LogP contribution in [0.5, 0.6) is 0 Å². The van der Waals surface area contributed by atoms with Crippen LogP contribution in [0.1, 0.15) is 32.6 Å². The van der Waals surface area contributed by atoms with Crippen LogP contribution in [0.2, 0.25) is 0 Å². The summed E-state index contributed by atoms with van der Waals surface area (Å²) >= 11 is 3.54. The molecule has 1 saturated carbocycles. The van der Waals surface area contributed by atoms with Gasteiger partial charge in [0.2, 0.25) is 0 Å². The first kappa shape index (κ1) is 17.4. The Bertz CT molecular complexity index is 198. The molecule has 4 nitrogen and oxygen atoms in total. The van der Waals surface area contributed by atoms with E-state index in [1.165, 1.54) is 6.42 Å². The maximum absolute atomic E-state index is 5.62. The number of alkyl halides is 1. The lowest BCUT2D eigenvalue weighted by Gasteiger charge is -2.30. The van der Waals surface area contributed by atoms with E-state index in [-0.39, 0.29) is 0 Å². The molecule has 0 aromatic heterocycles. The Morgan fingerprint density at radius 1 is 0.842 bits per heavy atom. The summed E-state index contributed by atoms with van der Waals surface area (Å²) in [6.45, 7) is 6.92. The molecule has 0 aromatic carbocycles. The lowest BCUT2D eigenvalue weighted by atomic mass is 9.96. The molecule has 0 heterocycles. The molecular formula is C14H27BrO4. The van der Waals surface area contributed by atoms with Crippen molar-refractivity contribution in [2.45, 2.75) is 43.5 Å². The Balaban J connectivity index is 1.65. The van der Waals surface area contributed by atoms with Gasteiger partial charge in [-0.25, -0.2) is 0 Å². The minimum atomic E-state index is 0.435. The van der Waals surface area contributed by atoms with Crippen molar-refractivity contribution in [2.24, 2.45) is 0 Å². The van der Waals surface area contributed by atoms with Gasteiger partial charge in [-0.05, 0) is 19.3 Å². The highest BCUT2D eigenvalue weighted by Crippen LogP contribution is 2.29. The lowest BCUT2D eigenvalue weighted by Crippen LogP contribution is -2.32. The summed E-state index contributed by atoms with van der Waals surface area (Å²) in [5.74, 6) is 0. The van der Waals surface area contributed by atoms with E-state index < -0.39 is 0 Å². The molecule has 0 bridgehead atoms. The summed E-state index contributed by atoms with van der Waals surface area (Å²) in [7, 11) is 0. The molecule has 19 heavy (non-hydrogen) atoms. The zero-order valence-electron chi connectivity index (χ0n) is 11.9. The first-order chi connectivity index (χ1) is 9.33. The fourth-order valence-electron chi connectivity index (χ4n) is 1.70. The van der Waals surface area contributed by atoms with E-state index in [1.54, 1.807) is 0 Å². The maximum Gasteiger partial charge on any atom is 0.0704 e. The van der Waals surface area contributed by atoms with Crippen molar-refractivity contribution in [1.29, 1.82) is 0 Å². The van der Waals surface area contributed by atoms with Gasteiger partial charge in [0.25, 0.3) is 0 Å². The maximum atomic E-state index is 5.62. The van der Waals surface area contributed by atoms with Gasteiger partial charge in [-0.3, -0.25) is 0 Å². The second kappa shape index (κ2) is 12.1. The Labute approximate surface area is 125 Å². The minimum Gasteiger partial charge on any atom is -0.379 e. The van der Waals surface area contributed by atoms with Crippen LogP contribution < -0.4 is 0 Å². The minimum absolute atomic E-state index is 0.435. The second-order valence-electron chi connectivity index (χ2n) is 4.75. The number of hydrogen-bond donors (Lipinski definition) is 0. The Hall–Kier alpha value is 0.320. The standard InChI is InChI=1S/C14H27BrO4/c1-2-3-4-16-5-6-17-7-8-18-9-10-19-14-11-13(15)12-14/h13-14H,2-12H2,1H3. The molecule has 0 aliphatic heterocycles. The summed E-state index contributed by atoms with van der Waals surface area (Å²) in [4.78, 5) is 0.659. The number of ether oxygens (including phenoxy) is 4. The van der Waals surface area contributed by atoms with Gasteiger partial charge in [-0.1, -0.05) is 29.3 Å². The van der Waals surface area contributed by atoms with Crippen molar-refractivity contribution in [3.63, 3.8) is 0 Å². The van der Waals surface area contributed by atoms with E-state index in [0.717, 1.165) is 25.9 Å². The van der Waals surface area contributed by atoms with Gasteiger partial charge in [0.15, 0.2) is 0 Å². The zero-order chi connectivity index (χ0) is 13.8. The summed E-state index contributed by atoms with van der Waals surface area (Å²) in [5.41, 5.74) is 0. The lowest BCUT2D eigenvalue weighted by molar-refractivity contribution is -0.0372. The molecular weight excluding hydrogens is 312 g/mol. The van der Waals surface area contributed by atoms with Crippen LogP contribution in [0.4, 0.5) is 0 Å². The average molecular weight is 339 g/mol. The topological polar surface area (TPSA) is 36.9 Å².